The molecule has 23 heavy (non-hydrogen) atoms. The van der Waals surface area contributed by atoms with Gasteiger partial charge in [0.05, 0.1) is 0 Å². The van der Waals surface area contributed by atoms with Crippen molar-refractivity contribution in [1.29, 1.82) is 0 Å². The van der Waals surface area contributed by atoms with Gasteiger partial charge in [-0.3, -0.25) is 4.79 Å². The van der Waals surface area contributed by atoms with Gasteiger partial charge < -0.3 is 14.7 Å². The topological polar surface area (TPSA) is 49.8 Å². The average molecular weight is 319 g/mol. The molecule has 1 aliphatic rings. The fourth-order valence-corrected chi connectivity index (χ4v) is 3.01. The maximum atomic E-state index is 12.6. The van der Waals surface area contributed by atoms with Gasteiger partial charge >= 0.3 is 0 Å². The standard InChI is InChI=1S/C19H29NO3/c1-13(2)17-8-7-14(3)18(10-17)23-15(4)19(22)20-9-5-6-16(11-20)12-21/h7-8,10,13,15-16,21H,5-6,9,11-12H2,1-4H3. The van der Waals surface area contributed by atoms with Gasteiger partial charge in [0.1, 0.15) is 5.75 Å². The highest BCUT2D eigenvalue weighted by molar-refractivity contribution is 5.81. The minimum Gasteiger partial charge on any atom is -0.481 e. The van der Waals surface area contributed by atoms with Crippen LogP contribution < -0.4 is 4.74 Å². The predicted octanol–water partition coefficient (Wildman–Crippen LogP) is 3.12. The average Bonchev–Trinajstić information content (AvgIpc) is 2.55. The number of aryl methyl sites for hydroxylation is 1. The summed E-state index contributed by atoms with van der Waals surface area (Å²) in [7, 11) is 0. The number of amides is 1. The summed E-state index contributed by atoms with van der Waals surface area (Å²) in [6.07, 6.45) is 1.44. The quantitative estimate of drug-likeness (QED) is 0.907. The summed E-state index contributed by atoms with van der Waals surface area (Å²) >= 11 is 0. The minimum absolute atomic E-state index is 0.0116. The first-order chi connectivity index (χ1) is 10.9. The number of likely N-dealkylation sites (tertiary alicyclic amines) is 1. The number of hydrogen-bond acceptors (Lipinski definition) is 3. The second kappa shape index (κ2) is 7.82. The van der Waals surface area contributed by atoms with E-state index in [9.17, 15) is 9.90 Å². The molecule has 0 aromatic heterocycles. The molecule has 1 aromatic carbocycles. The van der Waals surface area contributed by atoms with E-state index in [1.54, 1.807) is 0 Å². The van der Waals surface area contributed by atoms with Crippen LogP contribution in [0.2, 0.25) is 0 Å². The lowest BCUT2D eigenvalue weighted by Crippen LogP contribution is -2.46. The van der Waals surface area contributed by atoms with Crippen LogP contribution in [0.4, 0.5) is 0 Å². The molecule has 0 spiro atoms. The SMILES string of the molecule is Cc1ccc(C(C)C)cc1OC(C)C(=O)N1CCCC(CO)C1. The van der Waals surface area contributed by atoms with Crippen molar-refractivity contribution in [2.24, 2.45) is 5.92 Å². The van der Waals surface area contributed by atoms with Gasteiger partial charge in [-0.1, -0.05) is 26.0 Å². The molecule has 1 amide bonds. The lowest BCUT2D eigenvalue weighted by Gasteiger charge is -2.33. The highest BCUT2D eigenvalue weighted by Gasteiger charge is 2.27. The largest absolute Gasteiger partial charge is 0.481 e. The number of carbonyl (C=O) groups excluding carboxylic acids is 1. The Morgan fingerprint density at radius 3 is 2.78 bits per heavy atom. The first kappa shape index (κ1) is 17.8. The summed E-state index contributed by atoms with van der Waals surface area (Å²) in [6, 6.07) is 6.19. The van der Waals surface area contributed by atoms with Gasteiger partial charge in [-0.05, 0) is 55.7 Å². The molecular weight excluding hydrogens is 290 g/mol. The zero-order valence-electron chi connectivity index (χ0n) is 14.7. The smallest absolute Gasteiger partial charge is 0.263 e. The van der Waals surface area contributed by atoms with E-state index in [-0.39, 0.29) is 18.4 Å². The van der Waals surface area contributed by atoms with Gasteiger partial charge in [-0.2, -0.15) is 0 Å². The van der Waals surface area contributed by atoms with E-state index < -0.39 is 6.10 Å². The Labute approximate surface area is 139 Å². The molecule has 4 nitrogen and oxygen atoms in total. The summed E-state index contributed by atoms with van der Waals surface area (Å²) < 4.78 is 5.97. The van der Waals surface area contributed by atoms with E-state index in [1.807, 2.05) is 30.9 Å². The molecule has 2 rings (SSSR count). The Balaban J connectivity index is 2.04. The zero-order valence-corrected chi connectivity index (χ0v) is 14.7. The van der Waals surface area contributed by atoms with Crippen molar-refractivity contribution in [2.45, 2.75) is 52.6 Å². The third-order valence-electron chi connectivity index (χ3n) is 4.62. The van der Waals surface area contributed by atoms with Gasteiger partial charge in [0.15, 0.2) is 6.10 Å². The summed E-state index contributed by atoms with van der Waals surface area (Å²) in [4.78, 5) is 14.4. The summed E-state index contributed by atoms with van der Waals surface area (Å²) in [6.45, 7) is 9.64. The Morgan fingerprint density at radius 1 is 1.39 bits per heavy atom. The van der Waals surface area contributed by atoms with E-state index in [1.165, 1.54) is 5.56 Å². The maximum Gasteiger partial charge on any atom is 0.263 e. The van der Waals surface area contributed by atoms with Crippen LogP contribution in [0.25, 0.3) is 0 Å². The summed E-state index contributed by atoms with van der Waals surface area (Å²) in [5.41, 5.74) is 2.25. The van der Waals surface area contributed by atoms with Gasteiger partial charge in [0.25, 0.3) is 5.91 Å². The van der Waals surface area contributed by atoms with E-state index in [2.05, 4.69) is 19.9 Å². The highest BCUT2D eigenvalue weighted by atomic mass is 16.5. The van der Waals surface area contributed by atoms with Gasteiger partial charge in [0, 0.05) is 19.7 Å². The number of carbonyl (C=O) groups is 1. The Bertz CT molecular complexity index is 541. The number of rotatable bonds is 5. The molecule has 0 saturated carbocycles. The zero-order chi connectivity index (χ0) is 17.0. The molecule has 2 atom stereocenters. The monoisotopic (exact) mass is 319 g/mol. The molecule has 1 aromatic rings. The molecule has 128 valence electrons. The molecule has 0 bridgehead atoms. The molecule has 1 fully saturated rings. The molecular formula is C19H29NO3. The normalized spacial score (nSPS) is 19.7. The molecule has 1 saturated heterocycles. The fraction of sp³-hybridized carbons (Fsp3) is 0.632. The van der Waals surface area contributed by atoms with Crippen LogP contribution in [-0.4, -0.2) is 41.7 Å². The second-order valence-electron chi connectivity index (χ2n) is 6.91. The van der Waals surface area contributed by atoms with Crippen LogP contribution in [0.5, 0.6) is 5.75 Å². The van der Waals surface area contributed by atoms with Crippen LogP contribution >= 0.6 is 0 Å². The lowest BCUT2D eigenvalue weighted by atomic mass is 9.98. The number of aliphatic hydroxyl groups is 1. The van der Waals surface area contributed by atoms with Crippen LogP contribution in [0.15, 0.2) is 18.2 Å². The molecule has 1 aliphatic heterocycles. The molecule has 4 heteroatoms. The van der Waals surface area contributed by atoms with Crippen molar-refractivity contribution in [3.05, 3.63) is 29.3 Å². The Morgan fingerprint density at radius 2 is 2.13 bits per heavy atom. The van der Waals surface area contributed by atoms with Crippen molar-refractivity contribution < 1.29 is 14.6 Å². The number of benzene rings is 1. The van der Waals surface area contributed by atoms with Crippen molar-refractivity contribution in [2.75, 3.05) is 19.7 Å². The van der Waals surface area contributed by atoms with Gasteiger partial charge in [0.2, 0.25) is 0 Å². The molecule has 2 unspecified atom stereocenters. The number of hydrogen-bond donors (Lipinski definition) is 1. The number of piperidine rings is 1. The first-order valence-electron chi connectivity index (χ1n) is 8.59. The van der Waals surface area contributed by atoms with Crippen molar-refractivity contribution >= 4 is 5.91 Å². The van der Waals surface area contributed by atoms with E-state index in [0.717, 1.165) is 30.7 Å². The third-order valence-corrected chi connectivity index (χ3v) is 4.62. The second-order valence-corrected chi connectivity index (χ2v) is 6.91. The molecule has 1 heterocycles. The maximum absolute atomic E-state index is 12.6. The third kappa shape index (κ3) is 4.47. The number of nitrogens with zero attached hydrogens (tertiary/aromatic N) is 1. The van der Waals surface area contributed by atoms with E-state index >= 15 is 0 Å². The Kier molecular flexibility index (Phi) is 6.05. The van der Waals surface area contributed by atoms with Crippen LogP contribution in [0.1, 0.15) is 50.7 Å². The van der Waals surface area contributed by atoms with Crippen LogP contribution in [-0.2, 0) is 4.79 Å². The molecule has 1 N–H and O–H groups in total. The van der Waals surface area contributed by atoms with Crippen molar-refractivity contribution in [1.82, 2.24) is 4.90 Å². The lowest BCUT2D eigenvalue weighted by molar-refractivity contribution is -0.140. The fourth-order valence-electron chi connectivity index (χ4n) is 3.01. The van der Waals surface area contributed by atoms with Gasteiger partial charge in [-0.25, -0.2) is 0 Å². The first-order valence-corrected chi connectivity index (χ1v) is 8.59. The summed E-state index contributed by atoms with van der Waals surface area (Å²) in [5, 5.41) is 9.31. The van der Waals surface area contributed by atoms with Crippen LogP contribution in [0.3, 0.4) is 0 Å². The van der Waals surface area contributed by atoms with Gasteiger partial charge in [-0.15, -0.1) is 0 Å². The molecule has 0 radical (unpaired) electrons. The highest BCUT2D eigenvalue weighted by Crippen LogP contribution is 2.26. The predicted molar refractivity (Wildman–Crippen MR) is 91.7 cm³/mol. The van der Waals surface area contributed by atoms with Crippen LogP contribution in [0, 0.1) is 12.8 Å². The number of aliphatic hydroxyl groups excluding tert-OH is 1. The van der Waals surface area contributed by atoms with E-state index in [4.69, 9.17) is 4.74 Å². The van der Waals surface area contributed by atoms with Crippen molar-refractivity contribution in [3.8, 4) is 5.75 Å². The Hall–Kier alpha value is -1.55. The summed E-state index contributed by atoms with van der Waals surface area (Å²) in [5.74, 6) is 1.42. The molecule has 0 aliphatic carbocycles. The van der Waals surface area contributed by atoms with E-state index in [0.29, 0.717) is 12.5 Å². The number of ether oxygens (including phenoxy) is 1. The minimum atomic E-state index is -0.506. The van der Waals surface area contributed by atoms with Crippen molar-refractivity contribution in [3.63, 3.8) is 0 Å².